The second-order valence-electron chi connectivity index (χ2n) is 5.44. The van der Waals surface area contributed by atoms with E-state index in [1.807, 2.05) is 0 Å². The average Bonchev–Trinajstić information content (AvgIpc) is 2.83. The minimum atomic E-state index is -4.42. The minimum Gasteiger partial charge on any atom is -0.352 e. The predicted octanol–water partition coefficient (Wildman–Crippen LogP) is 2.32. The Balaban J connectivity index is 0.00000161. The molecule has 1 aromatic rings. The summed E-state index contributed by atoms with van der Waals surface area (Å²) in [6, 6.07) is 4.52. The second kappa shape index (κ2) is 5.85. The smallest absolute Gasteiger partial charge is 0.352 e. The minimum absolute atomic E-state index is 0. The van der Waals surface area contributed by atoms with Crippen LogP contribution in [0.3, 0.4) is 0 Å². The third-order valence-electron chi connectivity index (χ3n) is 4.22. The van der Waals surface area contributed by atoms with E-state index < -0.39 is 17.6 Å². The standard InChI is InChI=1S/C14H15F3N2O.ClH/c15-14(16,17)9-3-1-2-8(4-9)13(20)19-7-12-10-5-18-6-11(10)12;/h1-4,10-12,18H,5-7H2,(H,19,20);1H. The highest BCUT2D eigenvalue weighted by Gasteiger charge is 2.52. The monoisotopic (exact) mass is 320 g/mol. The Hall–Kier alpha value is -1.27. The van der Waals surface area contributed by atoms with Gasteiger partial charge in [0.25, 0.3) is 5.91 Å². The van der Waals surface area contributed by atoms with Crippen molar-refractivity contribution in [1.82, 2.24) is 10.6 Å². The van der Waals surface area contributed by atoms with Crippen molar-refractivity contribution in [2.45, 2.75) is 6.18 Å². The SMILES string of the molecule is Cl.O=C(NCC1C2CNCC21)c1cccc(C(F)(F)F)c1. The number of fused-ring (bicyclic) bond motifs is 1. The van der Waals surface area contributed by atoms with E-state index in [1.165, 1.54) is 12.1 Å². The Morgan fingerprint density at radius 1 is 1.29 bits per heavy atom. The van der Waals surface area contributed by atoms with Gasteiger partial charge in [-0.25, -0.2) is 0 Å². The third-order valence-corrected chi connectivity index (χ3v) is 4.22. The molecule has 3 nitrogen and oxygen atoms in total. The third kappa shape index (κ3) is 3.32. The largest absolute Gasteiger partial charge is 0.416 e. The van der Waals surface area contributed by atoms with E-state index >= 15 is 0 Å². The summed E-state index contributed by atoms with van der Waals surface area (Å²) in [5, 5.41) is 5.99. The molecule has 1 aliphatic heterocycles. The molecule has 1 saturated carbocycles. The Kier molecular flexibility index (Phi) is 4.49. The molecule has 2 fully saturated rings. The summed E-state index contributed by atoms with van der Waals surface area (Å²) in [4.78, 5) is 11.9. The fourth-order valence-corrected chi connectivity index (χ4v) is 3.00. The predicted molar refractivity (Wildman–Crippen MR) is 74.4 cm³/mol. The van der Waals surface area contributed by atoms with Gasteiger partial charge in [-0.2, -0.15) is 13.2 Å². The molecule has 2 N–H and O–H groups in total. The van der Waals surface area contributed by atoms with E-state index in [9.17, 15) is 18.0 Å². The van der Waals surface area contributed by atoms with Crippen molar-refractivity contribution >= 4 is 18.3 Å². The van der Waals surface area contributed by atoms with Crippen LogP contribution in [0, 0.1) is 17.8 Å². The molecule has 21 heavy (non-hydrogen) atoms. The lowest BCUT2D eigenvalue weighted by molar-refractivity contribution is -0.137. The summed E-state index contributed by atoms with van der Waals surface area (Å²) >= 11 is 0. The molecule has 1 saturated heterocycles. The number of hydrogen-bond donors (Lipinski definition) is 2. The fraction of sp³-hybridized carbons (Fsp3) is 0.500. The molecular weight excluding hydrogens is 305 g/mol. The molecule has 1 amide bonds. The fourth-order valence-electron chi connectivity index (χ4n) is 3.00. The van der Waals surface area contributed by atoms with Crippen LogP contribution in [0.2, 0.25) is 0 Å². The topological polar surface area (TPSA) is 41.1 Å². The molecule has 2 atom stereocenters. The van der Waals surface area contributed by atoms with Gasteiger partial charge in [0, 0.05) is 12.1 Å². The zero-order valence-corrected chi connectivity index (χ0v) is 11.9. The van der Waals surface area contributed by atoms with Crippen molar-refractivity contribution in [3.8, 4) is 0 Å². The lowest BCUT2D eigenvalue weighted by atomic mass is 10.1. The van der Waals surface area contributed by atoms with Gasteiger partial charge in [-0.1, -0.05) is 6.07 Å². The van der Waals surface area contributed by atoms with Crippen LogP contribution in [0.25, 0.3) is 0 Å². The van der Waals surface area contributed by atoms with E-state index in [2.05, 4.69) is 10.6 Å². The maximum absolute atomic E-state index is 12.6. The number of carbonyl (C=O) groups is 1. The van der Waals surface area contributed by atoms with E-state index in [0.717, 1.165) is 25.2 Å². The lowest BCUT2D eigenvalue weighted by Crippen LogP contribution is -2.28. The average molecular weight is 321 g/mol. The number of rotatable bonds is 3. The molecule has 0 radical (unpaired) electrons. The zero-order chi connectivity index (χ0) is 14.3. The first kappa shape index (κ1) is 16.1. The zero-order valence-electron chi connectivity index (χ0n) is 11.1. The highest BCUT2D eigenvalue weighted by atomic mass is 35.5. The van der Waals surface area contributed by atoms with Crippen molar-refractivity contribution in [2.24, 2.45) is 17.8 Å². The number of hydrogen-bond acceptors (Lipinski definition) is 2. The second-order valence-corrected chi connectivity index (χ2v) is 5.44. The number of alkyl halides is 3. The first-order chi connectivity index (χ1) is 9.47. The van der Waals surface area contributed by atoms with E-state index in [1.54, 1.807) is 0 Å². The molecular formula is C14H16ClF3N2O. The summed E-state index contributed by atoms with van der Waals surface area (Å²) in [7, 11) is 0. The Bertz CT molecular complexity index is 525. The molecule has 0 aromatic heterocycles. The Labute approximate surface area is 126 Å². The molecule has 0 spiro atoms. The number of piperidine rings is 1. The van der Waals surface area contributed by atoms with Crippen molar-refractivity contribution in [1.29, 1.82) is 0 Å². The molecule has 2 unspecified atom stereocenters. The molecule has 3 rings (SSSR count). The van der Waals surface area contributed by atoms with Crippen LogP contribution in [0.15, 0.2) is 24.3 Å². The van der Waals surface area contributed by atoms with Gasteiger partial charge in [-0.15, -0.1) is 12.4 Å². The molecule has 1 aromatic carbocycles. The molecule has 7 heteroatoms. The van der Waals surface area contributed by atoms with Crippen LogP contribution in [0.5, 0.6) is 0 Å². The van der Waals surface area contributed by atoms with Crippen molar-refractivity contribution in [2.75, 3.05) is 19.6 Å². The van der Waals surface area contributed by atoms with Gasteiger partial charge in [0.05, 0.1) is 5.56 Å². The van der Waals surface area contributed by atoms with Crippen molar-refractivity contribution in [3.63, 3.8) is 0 Å². The molecule has 0 bridgehead atoms. The number of amides is 1. The van der Waals surface area contributed by atoms with Crippen LogP contribution < -0.4 is 10.6 Å². The molecule has 116 valence electrons. The lowest BCUT2D eigenvalue weighted by Gasteiger charge is -2.10. The van der Waals surface area contributed by atoms with E-state index in [-0.39, 0.29) is 18.0 Å². The maximum atomic E-state index is 12.6. The first-order valence-electron chi connectivity index (χ1n) is 6.63. The van der Waals surface area contributed by atoms with E-state index in [0.29, 0.717) is 24.3 Å². The van der Waals surface area contributed by atoms with Crippen LogP contribution in [-0.4, -0.2) is 25.5 Å². The van der Waals surface area contributed by atoms with Crippen LogP contribution in [0.1, 0.15) is 15.9 Å². The van der Waals surface area contributed by atoms with Gasteiger partial charge >= 0.3 is 6.18 Å². The normalized spacial score (nSPS) is 26.7. The van der Waals surface area contributed by atoms with E-state index in [4.69, 9.17) is 0 Å². The summed E-state index contributed by atoms with van der Waals surface area (Å²) < 4.78 is 37.7. The van der Waals surface area contributed by atoms with Crippen molar-refractivity contribution in [3.05, 3.63) is 35.4 Å². The maximum Gasteiger partial charge on any atom is 0.416 e. The van der Waals surface area contributed by atoms with Crippen LogP contribution >= 0.6 is 12.4 Å². The number of benzene rings is 1. The van der Waals surface area contributed by atoms with Gasteiger partial charge in [0.15, 0.2) is 0 Å². The summed E-state index contributed by atoms with van der Waals surface area (Å²) in [6.07, 6.45) is -4.42. The Morgan fingerprint density at radius 2 is 1.95 bits per heavy atom. The van der Waals surface area contributed by atoms with Gasteiger partial charge in [0.1, 0.15) is 0 Å². The first-order valence-corrected chi connectivity index (χ1v) is 6.63. The summed E-state index contributed by atoms with van der Waals surface area (Å²) in [5.74, 6) is 1.29. The number of halogens is 4. The van der Waals surface area contributed by atoms with Gasteiger partial charge in [-0.05, 0) is 49.0 Å². The molecule has 1 heterocycles. The Morgan fingerprint density at radius 3 is 2.57 bits per heavy atom. The van der Waals surface area contributed by atoms with Gasteiger partial charge < -0.3 is 10.6 Å². The molecule has 1 aliphatic carbocycles. The number of nitrogens with one attached hydrogen (secondary N) is 2. The van der Waals surface area contributed by atoms with Crippen LogP contribution in [0.4, 0.5) is 13.2 Å². The van der Waals surface area contributed by atoms with Gasteiger partial charge in [-0.3, -0.25) is 4.79 Å². The highest BCUT2D eigenvalue weighted by molar-refractivity contribution is 5.94. The molecule has 2 aliphatic rings. The number of carbonyl (C=O) groups excluding carboxylic acids is 1. The summed E-state index contributed by atoms with van der Waals surface area (Å²) in [5.41, 5.74) is -0.735. The quantitative estimate of drug-likeness (QED) is 0.897. The van der Waals surface area contributed by atoms with Gasteiger partial charge in [0.2, 0.25) is 0 Å². The van der Waals surface area contributed by atoms with Crippen LogP contribution in [-0.2, 0) is 6.18 Å². The van der Waals surface area contributed by atoms with Crippen molar-refractivity contribution < 1.29 is 18.0 Å². The highest BCUT2D eigenvalue weighted by Crippen LogP contribution is 2.48. The summed E-state index contributed by atoms with van der Waals surface area (Å²) in [6.45, 7) is 2.51.